The minimum Gasteiger partial charge on any atom is -0.375 e. The minimum absolute atomic E-state index is 0.172. The lowest BCUT2D eigenvalue weighted by Crippen LogP contribution is -2.29. The summed E-state index contributed by atoms with van der Waals surface area (Å²) in [7, 11) is 0. The van der Waals surface area contributed by atoms with E-state index in [2.05, 4.69) is 18.2 Å². The van der Waals surface area contributed by atoms with Crippen molar-refractivity contribution in [1.82, 2.24) is 0 Å². The van der Waals surface area contributed by atoms with E-state index in [4.69, 9.17) is 10.5 Å². The summed E-state index contributed by atoms with van der Waals surface area (Å²) >= 11 is 0. The van der Waals surface area contributed by atoms with Crippen molar-refractivity contribution in [3.05, 3.63) is 34.9 Å². The second-order valence-corrected chi connectivity index (χ2v) is 6.18. The second kappa shape index (κ2) is 4.07. The van der Waals surface area contributed by atoms with Crippen LogP contribution in [-0.2, 0) is 17.6 Å². The largest absolute Gasteiger partial charge is 0.375 e. The van der Waals surface area contributed by atoms with Gasteiger partial charge in [-0.05, 0) is 55.2 Å². The molecule has 2 heteroatoms. The van der Waals surface area contributed by atoms with E-state index in [0.717, 1.165) is 0 Å². The van der Waals surface area contributed by atoms with E-state index in [1.54, 1.807) is 0 Å². The molecule has 0 radical (unpaired) electrons. The molecule has 1 aliphatic carbocycles. The number of fused-ring (bicyclic) bond motifs is 3. The Hall–Kier alpha value is -0.860. The predicted molar refractivity (Wildman–Crippen MR) is 71.4 cm³/mol. The van der Waals surface area contributed by atoms with E-state index < -0.39 is 0 Å². The van der Waals surface area contributed by atoms with Crippen molar-refractivity contribution < 1.29 is 4.74 Å². The molecule has 2 heterocycles. The van der Waals surface area contributed by atoms with Gasteiger partial charge in [0.1, 0.15) is 0 Å². The zero-order chi connectivity index (χ0) is 12.1. The highest BCUT2D eigenvalue weighted by atomic mass is 16.5. The molecule has 4 atom stereocenters. The molecule has 0 spiro atoms. The van der Waals surface area contributed by atoms with Crippen molar-refractivity contribution in [2.45, 2.75) is 56.8 Å². The Kier molecular flexibility index (Phi) is 2.49. The van der Waals surface area contributed by atoms with Crippen LogP contribution in [0.2, 0.25) is 0 Å². The fourth-order valence-corrected chi connectivity index (χ4v) is 4.10. The van der Waals surface area contributed by atoms with E-state index in [-0.39, 0.29) is 6.04 Å². The van der Waals surface area contributed by atoms with Gasteiger partial charge in [0.05, 0.1) is 12.2 Å². The fraction of sp³-hybridized carbons (Fsp3) is 0.625. The van der Waals surface area contributed by atoms with Gasteiger partial charge in [0.15, 0.2) is 0 Å². The third-order valence-electron chi connectivity index (χ3n) is 5.12. The summed E-state index contributed by atoms with van der Waals surface area (Å²) in [6.07, 6.45) is 8.37. The number of hydrogen-bond acceptors (Lipinski definition) is 2. The molecule has 4 unspecified atom stereocenters. The van der Waals surface area contributed by atoms with Gasteiger partial charge < -0.3 is 10.5 Å². The molecule has 2 fully saturated rings. The van der Waals surface area contributed by atoms with Crippen molar-refractivity contribution in [3.8, 4) is 0 Å². The van der Waals surface area contributed by atoms with Crippen molar-refractivity contribution in [2.75, 3.05) is 0 Å². The molecule has 1 aromatic carbocycles. The molecule has 1 aromatic rings. The number of hydrogen-bond donors (Lipinski definition) is 1. The first kappa shape index (κ1) is 11.0. The quantitative estimate of drug-likeness (QED) is 0.867. The first-order chi connectivity index (χ1) is 8.81. The Morgan fingerprint density at radius 1 is 1.17 bits per heavy atom. The third kappa shape index (κ3) is 1.63. The molecule has 18 heavy (non-hydrogen) atoms. The lowest BCUT2D eigenvalue weighted by molar-refractivity contribution is 0.0885. The number of aryl methyl sites for hydroxylation is 2. The van der Waals surface area contributed by atoms with Crippen LogP contribution in [0.5, 0.6) is 0 Å². The second-order valence-electron chi connectivity index (χ2n) is 6.18. The molecule has 0 saturated carbocycles. The molecular weight excluding hydrogens is 222 g/mol. The van der Waals surface area contributed by atoms with E-state index in [9.17, 15) is 0 Å². The van der Waals surface area contributed by atoms with Gasteiger partial charge in [0.25, 0.3) is 0 Å². The van der Waals surface area contributed by atoms with E-state index in [0.29, 0.717) is 18.1 Å². The van der Waals surface area contributed by atoms with Crippen LogP contribution in [0.3, 0.4) is 0 Å². The van der Waals surface area contributed by atoms with Gasteiger partial charge in [0.2, 0.25) is 0 Å². The maximum atomic E-state index is 6.50. The van der Waals surface area contributed by atoms with Crippen LogP contribution in [0.15, 0.2) is 18.2 Å². The summed E-state index contributed by atoms with van der Waals surface area (Å²) in [6, 6.07) is 7.08. The number of ether oxygens (including phenoxy) is 1. The van der Waals surface area contributed by atoms with Crippen LogP contribution in [0.1, 0.15) is 48.4 Å². The predicted octanol–water partition coefficient (Wildman–Crippen LogP) is 2.74. The summed E-state index contributed by atoms with van der Waals surface area (Å²) < 4.78 is 5.94. The van der Waals surface area contributed by atoms with Crippen molar-refractivity contribution in [1.29, 1.82) is 0 Å². The molecular formula is C16H21NO. The molecule has 2 aliphatic heterocycles. The average molecular weight is 243 g/mol. The van der Waals surface area contributed by atoms with Gasteiger partial charge in [-0.3, -0.25) is 0 Å². The Balaban J connectivity index is 1.59. The molecule has 0 amide bonds. The lowest BCUT2D eigenvalue weighted by atomic mass is 9.81. The first-order valence-electron chi connectivity index (χ1n) is 7.34. The maximum Gasteiger partial charge on any atom is 0.0627 e. The van der Waals surface area contributed by atoms with Crippen LogP contribution < -0.4 is 5.73 Å². The van der Waals surface area contributed by atoms with Gasteiger partial charge in [0, 0.05) is 12.0 Å². The van der Waals surface area contributed by atoms with Crippen LogP contribution in [-0.4, -0.2) is 12.2 Å². The number of rotatable bonds is 2. The summed E-state index contributed by atoms with van der Waals surface area (Å²) in [5.74, 6) is 0.545. The van der Waals surface area contributed by atoms with Gasteiger partial charge >= 0.3 is 0 Å². The van der Waals surface area contributed by atoms with Crippen LogP contribution in [0, 0.1) is 5.92 Å². The van der Waals surface area contributed by atoms with Crippen molar-refractivity contribution >= 4 is 0 Å². The Morgan fingerprint density at radius 3 is 2.83 bits per heavy atom. The summed E-state index contributed by atoms with van der Waals surface area (Å²) in [6.45, 7) is 0. The monoisotopic (exact) mass is 243 g/mol. The molecule has 3 aliphatic rings. The lowest BCUT2D eigenvalue weighted by Gasteiger charge is -2.26. The topological polar surface area (TPSA) is 35.2 Å². The maximum absolute atomic E-state index is 6.50. The molecule has 2 bridgehead atoms. The number of nitrogens with two attached hydrogens (primary N) is 1. The van der Waals surface area contributed by atoms with Gasteiger partial charge in [-0.15, -0.1) is 0 Å². The van der Waals surface area contributed by atoms with Crippen LogP contribution in [0.4, 0.5) is 0 Å². The van der Waals surface area contributed by atoms with Gasteiger partial charge in [-0.25, -0.2) is 0 Å². The average Bonchev–Trinajstić information content (AvgIpc) is 3.12. The SMILES string of the molecule is NC(c1ccc2c(c1)CCC2)C1CC2CCC1O2. The molecule has 96 valence electrons. The highest BCUT2D eigenvalue weighted by molar-refractivity contribution is 5.36. The normalized spacial score (nSPS) is 34.8. The zero-order valence-corrected chi connectivity index (χ0v) is 10.8. The standard InChI is InChI=1S/C16H21NO/c17-16(14-9-13-6-7-15(14)18-13)12-5-4-10-2-1-3-11(10)8-12/h4-5,8,13-16H,1-3,6-7,9,17H2. The molecule has 2 nitrogen and oxygen atoms in total. The Bertz CT molecular complexity index is 470. The van der Waals surface area contributed by atoms with Crippen LogP contribution >= 0.6 is 0 Å². The highest BCUT2D eigenvalue weighted by Gasteiger charge is 2.43. The molecule has 0 aromatic heterocycles. The summed E-state index contributed by atoms with van der Waals surface area (Å²) in [5, 5.41) is 0. The summed E-state index contributed by atoms with van der Waals surface area (Å²) in [5.41, 5.74) is 10.9. The first-order valence-corrected chi connectivity index (χ1v) is 7.34. The number of benzene rings is 1. The van der Waals surface area contributed by atoms with Gasteiger partial charge in [-0.1, -0.05) is 18.2 Å². The Morgan fingerprint density at radius 2 is 2.06 bits per heavy atom. The molecule has 2 saturated heterocycles. The fourth-order valence-electron chi connectivity index (χ4n) is 4.10. The molecule has 4 rings (SSSR count). The smallest absolute Gasteiger partial charge is 0.0627 e. The van der Waals surface area contributed by atoms with E-state index in [1.807, 2.05) is 0 Å². The van der Waals surface area contributed by atoms with Crippen molar-refractivity contribution in [3.63, 3.8) is 0 Å². The van der Waals surface area contributed by atoms with E-state index >= 15 is 0 Å². The molecule has 2 N–H and O–H groups in total. The third-order valence-corrected chi connectivity index (χ3v) is 5.12. The van der Waals surface area contributed by atoms with E-state index in [1.165, 1.54) is 55.2 Å². The minimum atomic E-state index is 0.172. The zero-order valence-electron chi connectivity index (χ0n) is 10.8. The highest BCUT2D eigenvalue weighted by Crippen LogP contribution is 2.44. The van der Waals surface area contributed by atoms with Crippen LogP contribution in [0.25, 0.3) is 0 Å². The summed E-state index contributed by atoms with van der Waals surface area (Å²) in [4.78, 5) is 0. The van der Waals surface area contributed by atoms with Crippen molar-refractivity contribution in [2.24, 2.45) is 11.7 Å². The Labute approximate surface area is 109 Å². The van der Waals surface area contributed by atoms with Gasteiger partial charge in [-0.2, -0.15) is 0 Å².